The number of benzene rings is 1. The van der Waals surface area contributed by atoms with E-state index in [4.69, 9.17) is 14.0 Å². The second-order valence-electron chi connectivity index (χ2n) is 5.53. The number of methoxy groups -OCH3 is 2. The van der Waals surface area contributed by atoms with E-state index in [1.165, 1.54) is 32.2 Å². The molecule has 1 aromatic carbocycles. The predicted octanol–water partition coefficient (Wildman–Crippen LogP) is 3.35. The van der Waals surface area contributed by atoms with Crippen molar-refractivity contribution in [3.05, 3.63) is 41.8 Å². The lowest BCUT2D eigenvalue weighted by Crippen LogP contribution is -2.08. The van der Waals surface area contributed by atoms with E-state index >= 15 is 0 Å². The minimum atomic E-state index is -1.51. The highest BCUT2D eigenvalue weighted by atomic mass is 32.2. The topological polar surface area (TPSA) is 111 Å². The molecule has 1 atom stereocenters. The number of nitrogens with zero attached hydrogens (tertiary/aromatic N) is 3. The summed E-state index contributed by atoms with van der Waals surface area (Å²) in [5.41, 5.74) is 1.68. The third-order valence-electron chi connectivity index (χ3n) is 3.58. The van der Waals surface area contributed by atoms with Crippen LogP contribution in [0.1, 0.15) is 11.5 Å². The van der Waals surface area contributed by atoms with Gasteiger partial charge in [0.15, 0.2) is 11.0 Å². The van der Waals surface area contributed by atoms with E-state index in [1.54, 1.807) is 12.1 Å². The van der Waals surface area contributed by atoms with Crippen LogP contribution in [0.25, 0.3) is 0 Å². The molecule has 0 aliphatic rings. The molecule has 148 valence electrons. The molecule has 3 aromatic rings. The highest BCUT2D eigenvalue weighted by molar-refractivity contribution is 8.00. The largest absolute Gasteiger partial charge is 0.481 e. The van der Waals surface area contributed by atoms with Crippen LogP contribution >= 0.6 is 11.9 Å². The number of aryl methyl sites for hydroxylation is 2. The van der Waals surface area contributed by atoms with Gasteiger partial charge in [0.1, 0.15) is 11.6 Å². The molecule has 0 radical (unpaired) electrons. The third-order valence-corrected chi connectivity index (χ3v) is 5.80. The van der Waals surface area contributed by atoms with Crippen molar-refractivity contribution in [2.24, 2.45) is 0 Å². The molecule has 2 N–H and O–H groups in total. The minimum Gasteiger partial charge on any atom is -0.481 e. The van der Waals surface area contributed by atoms with Gasteiger partial charge in [-0.3, -0.25) is 4.72 Å². The molecule has 0 amide bonds. The van der Waals surface area contributed by atoms with Gasteiger partial charge in [-0.25, -0.2) is 4.21 Å². The second kappa shape index (κ2) is 8.93. The minimum absolute atomic E-state index is 0.120. The molecule has 0 aliphatic carbocycles. The van der Waals surface area contributed by atoms with Crippen LogP contribution in [-0.2, 0) is 11.0 Å². The van der Waals surface area contributed by atoms with Crippen molar-refractivity contribution in [1.82, 2.24) is 15.1 Å². The fourth-order valence-corrected chi connectivity index (χ4v) is 3.70. The van der Waals surface area contributed by atoms with Crippen molar-refractivity contribution in [2.45, 2.75) is 23.6 Å². The Hall–Kier alpha value is -2.79. The van der Waals surface area contributed by atoms with E-state index < -0.39 is 11.0 Å². The average molecular weight is 422 g/mol. The van der Waals surface area contributed by atoms with E-state index in [-0.39, 0.29) is 6.01 Å². The molecule has 2 aromatic heterocycles. The van der Waals surface area contributed by atoms with Crippen LogP contribution in [0.2, 0.25) is 0 Å². The van der Waals surface area contributed by atoms with Crippen LogP contribution in [0, 0.1) is 13.8 Å². The van der Waals surface area contributed by atoms with E-state index in [0.29, 0.717) is 16.6 Å². The summed E-state index contributed by atoms with van der Waals surface area (Å²) in [4.78, 5) is 9.64. The van der Waals surface area contributed by atoms with Gasteiger partial charge in [0.25, 0.3) is 0 Å². The molecule has 2 heterocycles. The number of hydrogen-bond donors (Lipinski definition) is 2. The van der Waals surface area contributed by atoms with E-state index in [0.717, 1.165) is 22.0 Å². The molecule has 0 saturated carbocycles. The molecular weight excluding hydrogens is 402 g/mol. The fourth-order valence-electron chi connectivity index (χ4n) is 2.18. The van der Waals surface area contributed by atoms with Crippen molar-refractivity contribution in [1.29, 1.82) is 0 Å². The van der Waals surface area contributed by atoms with Gasteiger partial charge in [0.2, 0.25) is 5.88 Å². The summed E-state index contributed by atoms with van der Waals surface area (Å²) in [5.74, 6) is 1.40. The van der Waals surface area contributed by atoms with Gasteiger partial charge in [0.05, 0.1) is 29.7 Å². The highest BCUT2D eigenvalue weighted by Crippen LogP contribution is 2.27. The van der Waals surface area contributed by atoms with Crippen molar-refractivity contribution < 1.29 is 18.2 Å². The maximum Gasteiger partial charge on any atom is 0.321 e. The van der Waals surface area contributed by atoms with Gasteiger partial charge >= 0.3 is 6.01 Å². The number of ether oxygens (including phenoxy) is 2. The Labute approximate surface area is 169 Å². The maximum atomic E-state index is 12.6. The maximum absolute atomic E-state index is 12.6. The van der Waals surface area contributed by atoms with Crippen LogP contribution in [-0.4, -0.2) is 33.6 Å². The second-order valence-corrected chi connectivity index (χ2v) is 7.56. The fraction of sp³-hybridized carbons (Fsp3) is 0.235. The molecular formula is C17H19N5O4S2. The van der Waals surface area contributed by atoms with Crippen molar-refractivity contribution >= 4 is 34.4 Å². The Balaban J connectivity index is 1.65. The average Bonchev–Trinajstić information content (AvgIpc) is 3.03. The van der Waals surface area contributed by atoms with Crippen LogP contribution in [0.3, 0.4) is 0 Å². The Morgan fingerprint density at radius 3 is 2.46 bits per heavy atom. The van der Waals surface area contributed by atoms with Crippen LogP contribution in [0.4, 0.5) is 11.5 Å². The Morgan fingerprint density at radius 2 is 1.86 bits per heavy atom. The zero-order valence-electron chi connectivity index (χ0n) is 15.7. The van der Waals surface area contributed by atoms with Crippen molar-refractivity contribution in [3.63, 3.8) is 0 Å². The standard InChI is InChI=1S/C17H19N5O4S2/c1-10-16(11(2)26-20-10)27-21-12-5-7-13(8-6-12)28(23)22-14-9-15(24-3)19-17(18-14)25-4/h5-9,21H,1-4H3,(H,18,19,22). The molecule has 0 saturated heterocycles. The number of hydrogen-bond acceptors (Lipinski definition) is 9. The number of nitrogens with one attached hydrogen (secondary N) is 2. The van der Waals surface area contributed by atoms with Gasteiger partial charge in [-0.15, -0.1) is 0 Å². The molecule has 0 aliphatic heterocycles. The smallest absolute Gasteiger partial charge is 0.321 e. The molecule has 0 fully saturated rings. The quantitative estimate of drug-likeness (QED) is 0.529. The first-order valence-corrected chi connectivity index (χ1v) is 10.1. The van der Waals surface area contributed by atoms with Crippen LogP contribution in [0.5, 0.6) is 11.9 Å². The third kappa shape index (κ3) is 4.73. The summed E-state index contributed by atoms with van der Waals surface area (Å²) < 4.78 is 33.8. The number of aromatic nitrogens is 3. The molecule has 0 spiro atoms. The summed E-state index contributed by atoms with van der Waals surface area (Å²) in [6, 6.07) is 8.85. The lowest BCUT2D eigenvalue weighted by Gasteiger charge is -2.09. The number of rotatable bonds is 8. The van der Waals surface area contributed by atoms with Crippen LogP contribution < -0.4 is 18.9 Å². The van der Waals surface area contributed by atoms with Gasteiger partial charge in [-0.2, -0.15) is 9.97 Å². The molecule has 3 rings (SSSR count). The van der Waals surface area contributed by atoms with Gasteiger partial charge in [0, 0.05) is 11.8 Å². The van der Waals surface area contributed by atoms with E-state index in [2.05, 4.69) is 24.6 Å². The van der Waals surface area contributed by atoms with Gasteiger partial charge < -0.3 is 18.7 Å². The summed E-state index contributed by atoms with van der Waals surface area (Å²) in [6.45, 7) is 3.74. The zero-order valence-corrected chi connectivity index (χ0v) is 17.3. The summed E-state index contributed by atoms with van der Waals surface area (Å²) in [7, 11) is 1.41. The molecule has 9 nitrogen and oxygen atoms in total. The van der Waals surface area contributed by atoms with E-state index in [9.17, 15) is 4.21 Å². The molecule has 28 heavy (non-hydrogen) atoms. The van der Waals surface area contributed by atoms with Gasteiger partial charge in [-0.05, 0) is 50.1 Å². The lowest BCUT2D eigenvalue weighted by atomic mass is 10.3. The van der Waals surface area contributed by atoms with Crippen LogP contribution in [0.15, 0.2) is 44.6 Å². The Kier molecular flexibility index (Phi) is 6.37. The molecule has 1 unspecified atom stereocenters. The zero-order chi connectivity index (χ0) is 20.1. The lowest BCUT2D eigenvalue weighted by molar-refractivity contribution is 0.353. The molecule has 0 bridgehead atoms. The Bertz CT molecular complexity index is 936. The normalized spacial score (nSPS) is 11.7. The highest BCUT2D eigenvalue weighted by Gasteiger charge is 2.11. The van der Waals surface area contributed by atoms with Crippen molar-refractivity contribution in [3.8, 4) is 11.9 Å². The first-order valence-electron chi connectivity index (χ1n) is 8.11. The molecule has 11 heteroatoms. The SMILES string of the molecule is COc1cc(NS(=O)c2ccc(NSc3c(C)noc3C)cc2)nc(OC)n1. The Morgan fingerprint density at radius 1 is 1.11 bits per heavy atom. The number of anilines is 2. The first-order chi connectivity index (χ1) is 13.5. The first kappa shape index (κ1) is 20.0. The van der Waals surface area contributed by atoms with Crippen molar-refractivity contribution in [2.75, 3.05) is 23.7 Å². The predicted molar refractivity (Wildman–Crippen MR) is 107 cm³/mol. The summed E-state index contributed by atoms with van der Waals surface area (Å²) in [5, 5.41) is 3.92. The summed E-state index contributed by atoms with van der Waals surface area (Å²) >= 11 is 1.42. The summed E-state index contributed by atoms with van der Waals surface area (Å²) in [6.07, 6.45) is 0. The monoisotopic (exact) mass is 421 g/mol. The van der Waals surface area contributed by atoms with E-state index in [1.807, 2.05) is 26.0 Å². The van der Waals surface area contributed by atoms with Gasteiger partial charge in [-0.1, -0.05) is 5.16 Å².